The number of hydrogen-bond donors (Lipinski definition) is 1. The molecule has 0 aromatic heterocycles. The molecule has 5 nitrogen and oxygen atoms in total. The van der Waals surface area contributed by atoms with Crippen LogP contribution in [0.2, 0.25) is 0 Å². The van der Waals surface area contributed by atoms with Crippen LogP contribution < -0.4 is 4.74 Å². The summed E-state index contributed by atoms with van der Waals surface area (Å²) in [5.41, 5.74) is 0.829. The predicted octanol–water partition coefficient (Wildman–Crippen LogP) is 3.59. The fraction of sp³-hybridized carbons (Fsp3) is 0.636. The largest absolute Gasteiger partial charge is 0.497 e. The van der Waals surface area contributed by atoms with Crippen molar-refractivity contribution in [2.75, 3.05) is 20.8 Å². The van der Waals surface area contributed by atoms with Crippen molar-refractivity contribution >= 4 is 0 Å². The minimum Gasteiger partial charge on any atom is -0.497 e. The van der Waals surface area contributed by atoms with E-state index in [-0.39, 0.29) is 42.4 Å². The van der Waals surface area contributed by atoms with Crippen LogP contribution in [-0.2, 0) is 20.8 Å². The van der Waals surface area contributed by atoms with Gasteiger partial charge in [-0.15, -0.1) is 6.58 Å². The molecule has 1 aliphatic heterocycles. The molecule has 0 unspecified atom stereocenters. The van der Waals surface area contributed by atoms with Gasteiger partial charge in [0.25, 0.3) is 0 Å². The summed E-state index contributed by atoms with van der Waals surface area (Å²) in [7, 11) is 3.38. The lowest BCUT2D eigenvalue weighted by atomic mass is 9.78. The van der Waals surface area contributed by atoms with Crippen molar-refractivity contribution in [3.8, 4) is 5.75 Å². The molecular formula is C22H34O5. The molecule has 0 spiro atoms. The maximum atomic E-state index is 9.42. The van der Waals surface area contributed by atoms with Gasteiger partial charge in [-0.25, -0.2) is 0 Å². The third-order valence-corrected chi connectivity index (χ3v) is 5.64. The van der Waals surface area contributed by atoms with Crippen LogP contribution in [0.15, 0.2) is 36.9 Å². The van der Waals surface area contributed by atoms with E-state index in [4.69, 9.17) is 18.9 Å². The second kappa shape index (κ2) is 9.69. The van der Waals surface area contributed by atoms with Gasteiger partial charge >= 0.3 is 0 Å². The second-order valence-electron chi connectivity index (χ2n) is 7.85. The van der Waals surface area contributed by atoms with Crippen LogP contribution >= 0.6 is 0 Å². The van der Waals surface area contributed by atoms with E-state index < -0.39 is 0 Å². The smallest absolute Gasteiger partial charge is 0.118 e. The predicted molar refractivity (Wildman–Crippen MR) is 106 cm³/mol. The first-order chi connectivity index (χ1) is 12.9. The first-order valence-corrected chi connectivity index (χ1v) is 9.53. The van der Waals surface area contributed by atoms with Gasteiger partial charge in [0.05, 0.1) is 38.6 Å². The summed E-state index contributed by atoms with van der Waals surface area (Å²) in [6.45, 7) is 10.8. The lowest BCUT2D eigenvalue weighted by Gasteiger charge is -2.36. The number of aliphatic hydroxyl groups excluding tert-OH is 1. The summed E-state index contributed by atoms with van der Waals surface area (Å²) in [5.74, 6) is 1.04. The van der Waals surface area contributed by atoms with E-state index in [1.807, 2.05) is 30.3 Å². The lowest BCUT2D eigenvalue weighted by Crippen LogP contribution is -2.41. The van der Waals surface area contributed by atoms with Crippen molar-refractivity contribution in [2.45, 2.75) is 58.2 Å². The van der Waals surface area contributed by atoms with Crippen molar-refractivity contribution in [3.05, 3.63) is 42.5 Å². The Morgan fingerprint density at radius 1 is 1.26 bits per heavy atom. The SMILES string of the molecule is C=C[C@H](C)[C@H](C[C@H](OCc1ccc(OC)cc1)C(C)(C)[C@H]1O[C@@H]1CO)OC. The van der Waals surface area contributed by atoms with E-state index in [1.165, 1.54) is 0 Å². The minimum absolute atomic E-state index is 0.00830. The van der Waals surface area contributed by atoms with Crippen molar-refractivity contribution in [1.82, 2.24) is 0 Å². The van der Waals surface area contributed by atoms with Crippen LogP contribution in [0.5, 0.6) is 5.75 Å². The van der Waals surface area contributed by atoms with Gasteiger partial charge in [0, 0.05) is 24.9 Å². The Balaban J connectivity index is 2.11. The second-order valence-corrected chi connectivity index (χ2v) is 7.85. The zero-order valence-electron chi connectivity index (χ0n) is 17.2. The summed E-state index contributed by atoms with van der Waals surface area (Å²) in [6.07, 6.45) is 2.43. The number of methoxy groups -OCH3 is 2. The highest BCUT2D eigenvalue weighted by Gasteiger charge is 2.53. The average Bonchev–Trinajstić information content (AvgIpc) is 3.48. The molecule has 1 fully saturated rings. The minimum atomic E-state index is -0.252. The number of hydrogen-bond acceptors (Lipinski definition) is 5. The molecule has 27 heavy (non-hydrogen) atoms. The number of epoxide rings is 1. The fourth-order valence-corrected chi connectivity index (χ4v) is 3.51. The van der Waals surface area contributed by atoms with Crippen molar-refractivity contribution in [3.63, 3.8) is 0 Å². The summed E-state index contributed by atoms with van der Waals surface area (Å²) in [4.78, 5) is 0. The zero-order valence-corrected chi connectivity index (χ0v) is 17.2. The van der Waals surface area contributed by atoms with Gasteiger partial charge in [-0.3, -0.25) is 0 Å². The molecule has 0 bridgehead atoms. The van der Waals surface area contributed by atoms with Crippen LogP contribution in [0.25, 0.3) is 0 Å². The van der Waals surface area contributed by atoms with Crippen LogP contribution in [0.3, 0.4) is 0 Å². The number of rotatable bonds is 12. The zero-order chi connectivity index (χ0) is 20.0. The van der Waals surface area contributed by atoms with Crippen LogP contribution in [0.4, 0.5) is 0 Å². The van der Waals surface area contributed by atoms with E-state index in [9.17, 15) is 5.11 Å². The Morgan fingerprint density at radius 2 is 1.93 bits per heavy atom. The molecule has 5 heteroatoms. The van der Waals surface area contributed by atoms with Gasteiger partial charge in [-0.2, -0.15) is 0 Å². The van der Waals surface area contributed by atoms with E-state index in [2.05, 4.69) is 27.4 Å². The normalized spacial score (nSPS) is 22.7. The van der Waals surface area contributed by atoms with E-state index >= 15 is 0 Å². The first kappa shape index (κ1) is 21.9. The molecule has 5 atom stereocenters. The van der Waals surface area contributed by atoms with Crippen molar-refractivity contribution < 1.29 is 24.1 Å². The molecule has 2 rings (SSSR count). The van der Waals surface area contributed by atoms with Gasteiger partial charge in [0.15, 0.2) is 0 Å². The lowest BCUT2D eigenvalue weighted by molar-refractivity contribution is -0.0809. The highest BCUT2D eigenvalue weighted by atomic mass is 16.6. The Hall–Kier alpha value is -1.40. The topological polar surface area (TPSA) is 60.5 Å². The van der Waals surface area contributed by atoms with Gasteiger partial charge in [-0.05, 0) is 17.7 Å². The van der Waals surface area contributed by atoms with E-state index in [0.717, 1.165) is 17.7 Å². The third-order valence-electron chi connectivity index (χ3n) is 5.64. The Morgan fingerprint density at radius 3 is 2.41 bits per heavy atom. The van der Waals surface area contributed by atoms with Gasteiger partial charge < -0.3 is 24.1 Å². The van der Waals surface area contributed by atoms with Gasteiger partial charge in [-0.1, -0.05) is 39.0 Å². The molecule has 1 aromatic carbocycles. The van der Waals surface area contributed by atoms with Crippen molar-refractivity contribution in [1.29, 1.82) is 0 Å². The standard InChI is InChI=1S/C22H34O5/c1-7-15(2)18(25-6)12-20(22(3,4)21-19(13-23)27-21)26-14-16-8-10-17(24-5)11-9-16/h7-11,15,18-21,23H,1,12-14H2,2-6H3/t15-,18-,19+,20-,21-/m0/s1. The maximum Gasteiger partial charge on any atom is 0.118 e. The molecule has 1 aromatic rings. The average molecular weight is 379 g/mol. The molecule has 152 valence electrons. The van der Waals surface area contributed by atoms with Crippen LogP contribution in [0, 0.1) is 11.3 Å². The molecule has 0 radical (unpaired) electrons. The molecule has 0 amide bonds. The number of aliphatic hydroxyl groups is 1. The Kier molecular flexibility index (Phi) is 7.86. The number of ether oxygens (including phenoxy) is 4. The monoisotopic (exact) mass is 378 g/mol. The molecule has 0 aliphatic carbocycles. The highest BCUT2D eigenvalue weighted by Crippen LogP contribution is 2.44. The van der Waals surface area contributed by atoms with Crippen LogP contribution in [-0.4, -0.2) is 50.3 Å². The summed E-state index contributed by atoms with van der Waals surface area (Å²) < 4.78 is 23.0. The molecule has 1 heterocycles. The highest BCUT2D eigenvalue weighted by molar-refractivity contribution is 5.26. The van der Waals surface area contributed by atoms with Crippen molar-refractivity contribution in [2.24, 2.45) is 11.3 Å². The van der Waals surface area contributed by atoms with Crippen LogP contribution in [0.1, 0.15) is 32.8 Å². The van der Waals surface area contributed by atoms with E-state index in [0.29, 0.717) is 6.61 Å². The maximum absolute atomic E-state index is 9.42. The quantitative estimate of drug-likeness (QED) is 0.445. The molecule has 0 saturated carbocycles. The number of benzene rings is 1. The summed E-state index contributed by atoms with van der Waals surface area (Å²) >= 11 is 0. The Labute approximate surface area is 163 Å². The Bertz CT molecular complexity index is 583. The molecular weight excluding hydrogens is 344 g/mol. The molecule has 1 saturated heterocycles. The van der Waals surface area contributed by atoms with E-state index in [1.54, 1.807) is 14.2 Å². The first-order valence-electron chi connectivity index (χ1n) is 9.53. The summed E-state index contributed by atoms with van der Waals surface area (Å²) in [6, 6.07) is 7.88. The molecule has 1 N–H and O–H groups in total. The van der Waals surface area contributed by atoms with Gasteiger partial charge in [0.2, 0.25) is 0 Å². The third kappa shape index (κ3) is 5.55. The molecule has 1 aliphatic rings. The fourth-order valence-electron chi connectivity index (χ4n) is 3.51. The summed E-state index contributed by atoms with van der Waals surface area (Å²) in [5, 5.41) is 9.42. The van der Waals surface area contributed by atoms with Gasteiger partial charge in [0.1, 0.15) is 11.9 Å².